The van der Waals surface area contributed by atoms with Gasteiger partial charge < -0.3 is 15.8 Å². The highest BCUT2D eigenvalue weighted by molar-refractivity contribution is 7.80. The van der Waals surface area contributed by atoms with Crippen LogP contribution in [0.1, 0.15) is 16.1 Å². The lowest BCUT2D eigenvalue weighted by Crippen LogP contribution is -2.55. The molecular formula is C11H10ClFN3O2S. The van der Waals surface area contributed by atoms with E-state index in [2.05, 4.69) is 16.4 Å². The van der Waals surface area contributed by atoms with E-state index >= 15 is 0 Å². The van der Waals surface area contributed by atoms with E-state index in [1.807, 2.05) is 0 Å². The van der Waals surface area contributed by atoms with Crippen LogP contribution in [0.3, 0.4) is 0 Å². The third kappa shape index (κ3) is 2.68. The number of nitrogens with one attached hydrogen (secondary N) is 1. The summed E-state index contributed by atoms with van der Waals surface area (Å²) >= 11 is 11.0. The van der Waals surface area contributed by atoms with Gasteiger partial charge in [0.1, 0.15) is 28.0 Å². The number of rotatable bonds is 3. The maximum Gasteiger partial charge on any atom is 0.268 e. The Bertz CT molecular complexity index is 543. The molecule has 1 aliphatic rings. The largest absolute Gasteiger partial charge is 0.371 e. The number of amides is 1. The molecule has 0 bridgehead atoms. The van der Waals surface area contributed by atoms with E-state index in [1.165, 1.54) is 6.07 Å². The number of hydrogen-bond acceptors (Lipinski definition) is 4. The number of nitrogens with zero attached hydrogens (tertiary/aromatic N) is 1. The van der Waals surface area contributed by atoms with Crippen LogP contribution in [0.25, 0.3) is 0 Å². The van der Waals surface area contributed by atoms with Gasteiger partial charge in [0, 0.05) is 11.6 Å². The van der Waals surface area contributed by atoms with Crippen molar-refractivity contribution in [3.63, 3.8) is 0 Å². The molecule has 2 heterocycles. The molecule has 0 aliphatic carbocycles. The van der Waals surface area contributed by atoms with Crippen molar-refractivity contribution in [2.75, 3.05) is 19.9 Å². The van der Waals surface area contributed by atoms with Crippen LogP contribution in [0.15, 0.2) is 6.07 Å². The minimum absolute atomic E-state index is 0.0361. The second-order valence-corrected chi connectivity index (χ2v) is 4.93. The minimum atomic E-state index is -1.20. The van der Waals surface area contributed by atoms with Crippen molar-refractivity contribution in [1.82, 2.24) is 10.3 Å². The lowest BCUT2D eigenvalue weighted by molar-refractivity contribution is 0.0631. The average Bonchev–Trinajstić information content (AvgIpc) is 2.38. The number of ether oxygens (including phenoxy) is 1. The number of halogens is 2. The van der Waals surface area contributed by atoms with Crippen molar-refractivity contribution < 1.29 is 13.9 Å². The normalized spacial score (nSPS) is 22.9. The second-order valence-electron chi connectivity index (χ2n) is 4.07. The summed E-state index contributed by atoms with van der Waals surface area (Å²) in [7, 11) is 0. The van der Waals surface area contributed by atoms with E-state index in [1.54, 1.807) is 0 Å². The van der Waals surface area contributed by atoms with Crippen molar-refractivity contribution in [2.45, 2.75) is 5.54 Å². The molecule has 19 heavy (non-hydrogen) atoms. The Morgan fingerprint density at radius 2 is 2.53 bits per heavy atom. The van der Waals surface area contributed by atoms with Crippen molar-refractivity contribution in [1.29, 1.82) is 0 Å². The maximum absolute atomic E-state index is 13.4. The highest BCUT2D eigenvalue weighted by atomic mass is 35.5. The third-order valence-corrected chi connectivity index (χ3v) is 3.23. The van der Waals surface area contributed by atoms with Crippen molar-refractivity contribution in [2.24, 2.45) is 5.73 Å². The van der Waals surface area contributed by atoms with Gasteiger partial charge in [-0.3, -0.25) is 4.79 Å². The van der Waals surface area contributed by atoms with E-state index in [0.717, 1.165) is 0 Å². The molecule has 101 valence electrons. The Morgan fingerprint density at radius 1 is 1.79 bits per heavy atom. The number of morpholine rings is 1. The van der Waals surface area contributed by atoms with Crippen LogP contribution in [0.4, 0.5) is 4.39 Å². The monoisotopic (exact) mass is 302 g/mol. The van der Waals surface area contributed by atoms with E-state index in [9.17, 15) is 9.18 Å². The van der Waals surface area contributed by atoms with Gasteiger partial charge in [-0.2, -0.15) is 0 Å². The van der Waals surface area contributed by atoms with Crippen LogP contribution >= 0.6 is 23.8 Å². The lowest BCUT2D eigenvalue weighted by atomic mass is 9.92. The fourth-order valence-electron chi connectivity index (χ4n) is 1.80. The molecule has 1 aliphatic heterocycles. The Balaban J connectivity index is 2.43. The first-order chi connectivity index (χ1) is 8.98. The van der Waals surface area contributed by atoms with Crippen LogP contribution in [0.2, 0.25) is 5.15 Å². The average molecular weight is 303 g/mol. The molecule has 1 amide bonds. The number of alkyl halides is 1. The number of pyridine rings is 1. The number of hydrogen-bond donors (Lipinski definition) is 2. The lowest BCUT2D eigenvalue weighted by Gasteiger charge is -2.37. The van der Waals surface area contributed by atoms with Crippen molar-refractivity contribution >= 4 is 34.7 Å². The topological polar surface area (TPSA) is 77.2 Å². The van der Waals surface area contributed by atoms with Crippen LogP contribution in [-0.2, 0) is 10.3 Å². The van der Waals surface area contributed by atoms with Gasteiger partial charge in [-0.25, -0.2) is 9.37 Å². The molecule has 1 radical (unpaired) electrons. The Kier molecular flexibility index (Phi) is 3.98. The van der Waals surface area contributed by atoms with Crippen LogP contribution in [0, 0.1) is 6.07 Å². The summed E-state index contributed by atoms with van der Waals surface area (Å²) in [6.45, 7) is -0.516. The first-order valence-corrected chi connectivity index (χ1v) is 6.10. The molecule has 2 rings (SSSR count). The van der Waals surface area contributed by atoms with Crippen molar-refractivity contribution in [3.05, 3.63) is 28.5 Å². The zero-order valence-electron chi connectivity index (χ0n) is 9.70. The molecule has 1 saturated heterocycles. The van der Waals surface area contributed by atoms with Gasteiger partial charge in [0.2, 0.25) is 0 Å². The maximum atomic E-state index is 13.4. The molecule has 1 atom stereocenters. The third-order valence-electron chi connectivity index (χ3n) is 2.72. The van der Waals surface area contributed by atoms with Crippen LogP contribution in [-0.4, -0.2) is 35.8 Å². The minimum Gasteiger partial charge on any atom is -0.371 e. The number of carbonyl (C=O) groups is 1. The van der Waals surface area contributed by atoms with Crippen LogP contribution < -0.4 is 11.1 Å². The van der Waals surface area contributed by atoms with E-state index in [4.69, 9.17) is 34.3 Å². The fourth-order valence-corrected chi connectivity index (χ4v) is 2.40. The first-order valence-electron chi connectivity index (χ1n) is 5.32. The van der Waals surface area contributed by atoms with Crippen molar-refractivity contribution in [3.8, 4) is 0 Å². The van der Waals surface area contributed by atoms with Gasteiger partial charge in [-0.15, -0.1) is 0 Å². The molecule has 0 spiro atoms. The number of nitrogens with two attached hydrogens (primary N) is 1. The summed E-state index contributed by atoms with van der Waals surface area (Å²) in [5, 5.41) is 2.82. The van der Waals surface area contributed by atoms with Gasteiger partial charge in [0.05, 0.1) is 13.2 Å². The summed E-state index contributed by atoms with van der Waals surface area (Å²) in [5.41, 5.74) is 4.08. The number of carbonyl (C=O) groups excluding carboxylic acids is 1. The molecule has 1 aromatic rings. The number of aromatic nitrogens is 1. The summed E-state index contributed by atoms with van der Waals surface area (Å²) in [5.74, 6) is -0.758. The van der Waals surface area contributed by atoms with E-state index in [-0.39, 0.29) is 24.1 Å². The molecule has 1 unspecified atom stereocenters. The summed E-state index contributed by atoms with van der Waals surface area (Å²) in [6.07, 6.45) is 0. The van der Waals surface area contributed by atoms with Crippen LogP contribution in [0.5, 0.6) is 0 Å². The molecule has 5 nitrogen and oxygen atoms in total. The highest BCUT2D eigenvalue weighted by Gasteiger charge is 2.39. The number of primary amides is 1. The molecule has 1 aromatic heterocycles. The standard InChI is InChI=1S/C11H10ClFN3O2S/c12-9-6(1-2-7(15-9)10(14)17)11(4-13)5-18-3-8(19)16-11/h1H,3-5H2,(H2,14,17)(H,16,19). The van der Waals surface area contributed by atoms with Gasteiger partial charge in [0.25, 0.3) is 5.91 Å². The van der Waals surface area contributed by atoms with Gasteiger partial charge in [-0.05, 0) is 6.07 Å². The molecule has 0 aromatic carbocycles. The van der Waals surface area contributed by atoms with Gasteiger partial charge in [0.15, 0.2) is 0 Å². The smallest absolute Gasteiger partial charge is 0.268 e. The summed E-state index contributed by atoms with van der Waals surface area (Å²) in [6, 6.07) is 3.95. The Labute approximate surface area is 119 Å². The molecule has 8 heteroatoms. The Morgan fingerprint density at radius 3 is 3.05 bits per heavy atom. The summed E-state index contributed by atoms with van der Waals surface area (Å²) < 4.78 is 18.7. The highest BCUT2D eigenvalue weighted by Crippen LogP contribution is 2.30. The van der Waals surface area contributed by atoms with Gasteiger partial charge in [-0.1, -0.05) is 23.8 Å². The zero-order chi connectivity index (χ0) is 14.0. The SMILES string of the molecule is NC(=O)c1[c]cc(C2(CF)COCC(=S)N2)c(Cl)n1. The molecule has 1 fully saturated rings. The second kappa shape index (κ2) is 5.36. The van der Waals surface area contributed by atoms with E-state index < -0.39 is 18.1 Å². The predicted octanol–water partition coefficient (Wildman–Crippen LogP) is 0.746. The first kappa shape index (κ1) is 14.1. The number of thiocarbonyl (C=S) groups is 1. The predicted molar refractivity (Wildman–Crippen MR) is 70.8 cm³/mol. The quantitative estimate of drug-likeness (QED) is 0.636. The molecule has 3 N–H and O–H groups in total. The zero-order valence-corrected chi connectivity index (χ0v) is 11.3. The molecular weight excluding hydrogens is 293 g/mol. The fraction of sp³-hybridized carbons (Fsp3) is 0.364. The molecule has 0 saturated carbocycles. The van der Waals surface area contributed by atoms with E-state index in [0.29, 0.717) is 10.6 Å². The Hall–Kier alpha value is -1.31. The van der Waals surface area contributed by atoms with Gasteiger partial charge >= 0.3 is 0 Å². The summed E-state index contributed by atoms with van der Waals surface area (Å²) in [4.78, 5) is 15.1.